The molecule has 0 amide bonds. The molecule has 0 atom stereocenters. The topological polar surface area (TPSA) is 26.3 Å². The molecule has 0 saturated heterocycles. The van der Waals surface area contributed by atoms with E-state index in [0.29, 0.717) is 26.7 Å². The molecule has 0 unspecified atom stereocenters. The van der Waals surface area contributed by atoms with Crippen molar-refractivity contribution in [3.05, 3.63) is 32.2 Å². The molecule has 0 aliphatic heterocycles. The Labute approximate surface area is 107 Å². The van der Waals surface area contributed by atoms with Crippen LogP contribution in [0.1, 0.15) is 12.5 Å². The van der Waals surface area contributed by atoms with E-state index in [-0.39, 0.29) is 12.4 Å². The first-order valence-electron chi connectivity index (χ1n) is 4.33. The highest BCUT2D eigenvalue weighted by atomic mass is 79.9. The Hall–Kier alpha value is -0.250. The summed E-state index contributed by atoms with van der Waals surface area (Å²) < 4.78 is 5.55. The number of benzene rings is 1. The smallest absolute Gasteiger partial charge is 0.310 e. The molecule has 0 aliphatic carbocycles. The summed E-state index contributed by atoms with van der Waals surface area (Å²) in [7, 11) is 0. The fraction of sp³-hybridized carbons (Fsp3) is 0.300. The lowest BCUT2D eigenvalue weighted by Gasteiger charge is -2.07. The van der Waals surface area contributed by atoms with Crippen molar-refractivity contribution in [3.63, 3.8) is 0 Å². The number of carbonyl (C=O) groups is 1. The van der Waals surface area contributed by atoms with E-state index >= 15 is 0 Å². The molecule has 0 spiro atoms. The van der Waals surface area contributed by atoms with E-state index < -0.39 is 0 Å². The number of esters is 1. The van der Waals surface area contributed by atoms with Crippen molar-refractivity contribution < 1.29 is 9.53 Å². The van der Waals surface area contributed by atoms with Gasteiger partial charge in [-0.3, -0.25) is 4.79 Å². The van der Waals surface area contributed by atoms with Crippen LogP contribution >= 0.6 is 39.1 Å². The minimum atomic E-state index is -0.303. The minimum absolute atomic E-state index is 0.143. The SMILES string of the molecule is CCOC(=O)Cc1c(Cl)cc(Cl)cc1Br. The molecular weight excluding hydrogens is 303 g/mol. The molecule has 1 rings (SSSR count). The van der Waals surface area contributed by atoms with Gasteiger partial charge in [0.25, 0.3) is 0 Å². The third-order valence-corrected chi connectivity index (χ3v) is 3.00. The second-order valence-electron chi connectivity index (χ2n) is 2.83. The molecule has 0 saturated carbocycles. The van der Waals surface area contributed by atoms with E-state index in [9.17, 15) is 4.79 Å². The first-order valence-corrected chi connectivity index (χ1v) is 5.88. The van der Waals surface area contributed by atoms with Crippen molar-refractivity contribution >= 4 is 45.1 Å². The van der Waals surface area contributed by atoms with Crippen molar-refractivity contribution in [2.45, 2.75) is 13.3 Å². The van der Waals surface area contributed by atoms with Crippen LogP contribution in [0.2, 0.25) is 10.0 Å². The predicted molar refractivity (Wildman–Crippen MR) is 64.5 cm³/mol. The van der Waals surface area contributed by atoms with Crippen molar-refractivity contribution in [2.75, 3.05) is 6.61 Å². The third-order valence-electron chi connectivity index (χ3n) is 1.73. The molecule has 5 heteroatoms. The summed E-state index contributed by atoms with van der Waals surface area (Å²) in [6.07, 6.45) is 0.143. The van der Waals surface area contributed by atoms with Crippen LogP contribution in [-0.4, -0.2) is 12.6 Å². The Balaban J connectivity index is 2.90. The van der Waals surface area contributed by atoms with Gasteiger partial charge < -0.3 is 4.74 Å². The van der Waals surface area contributed by atoms with Gasteiger partial charge >= 0.3 is 5.97 Å². The molecule has 1 aromatic rings. The van der Waals surface area contributed by atoms with Gasteiger partial charge in [0.15, 0.2) is 0 Å². The number of rotatable bonds is 3. The maximum atomic E-state index is 11.3. The van der Waals surface area contributed by atoms with Crippen LogP contribution in [0.5, 0.6) is 0 Å². The standard InChI is InChI=1S/C10H9BrCl2O2/c1-2-15-10(14)5-7-8(11)3-6(12)4-9(7)13/h3-4H,2,5H2,1H3. The van der Waals surface area contributed by atoms with Crippen molar-refractivity contribution in [3.8, 4) is 0 Å². The summed E-state index contributed by atoms with van der Waals surface area (Å²) in [5, 5.41) is 0.988. The summed E-state index contributed by atoms with van der Waals surface area (Å²) in [6, 6.07) is 3.30. The monoisotopic (exact) mass is 310 g/mol. The average molecular weight is 312 g/mol. The van der Waals surface area contributed by atoms with E-state index in [1.165, 1.54) is 0 Å². The maximum absolute atomic E-state index is 11.3. The third kappa shape index (κ3) is 3.67. The van der Waals surface area contributed by atoms with Gasteiger partial charge in [0.1, 0.15) is 0 Å². The van der Waals surface area contributed by atoms with Crippen molar-refractivity contribution in [2.24, 2.45) is 0 Å². The molecule has 1 aromatic carbocycles. The normalized spacial score (nSPS) is 10.1. The maximum Gasteiger partial charge on any atom is 0.310 e. The van der Waals surface area contributed by atoms with Crippen molar-refractivity contribution in [1.82, 2.24) is 0 Å². The summed E-state index contributed by atoms with van der Waals surface area (Å²) in [5.41, 5.74) is 0.694. The molecule has 0 heterocycles. The predicted octanol–water partition coefficient (Wildman–Crippen LogP) is 3.86. The summed E-state index contributed by atoms with van der Waals surface area (Å²) in [5.74, 6) is -0.303. The van der Waals surface area contributed by atoms with Crippen LogP contribution < -0.4 is 0 Å². The number of hydrogen-bond donors (Lipinski definition) is 0. The van der Waals surface area contributed by atoms with Gasteiger partial charge in [-0.1, -0.05) is 39.1 Å². The Morgan fingerprint density at radius 1 is 1.47 bits per heavy atom. The van der Waals surface area contributed by atoms with Gasteiger partial charge in [-0.15, -0.1) is 0 Å². The van der Waals surface area contributed by atoms with Gasteiger partial charge in [0, 0.05) is 14.5 Å². The first-order chi connectivity index (χ1) is 7.04. The van der Waals surface area contributed by atoms with Crippen LogP contribution in [0.3, 0.4) is 0 Å². The lowest BCUT2D eigenvalue weighted by Crippen LogP contribution is -2.08. The fourth-order valence-corrected chi connectivity index (χ4v) is 2.50. The molecular formula is C10H9BrCl2O2. The Morgan fingerprint density at radius 3 is 2.67 bits per heavy atom. The van der Waals surface area contributed by atoms with Gasteiger partial charge in [0.05, 0.1) is 13.0 Å². The van der Waals surface area contributed by atoms with E-state index in [1.807, 2.05) is 0 Å². The summed E-state index contributed by atoms with van der Waals surface area (Å²) >= 11 is 15.0. The molecule has 0 radical (unpaired) electrons. The zero-order chi connectivity index (χ0) is 11.4. The molecule has 0 bridgehead atoms. The summed E-state index contributed by atoms with van der Waals surface area (Å²) in [4.78, 5) is 11.3. The highest BCUT2D eigenvalue weighted by Crippen LogP contribution is 2.29. The zero-order valence-corrected chi connectivity index (χ0v) is 11.1. The molecule has 0 aromatic heterocycles. The quantitative estimate of drug-likeness (QED) is 0.792. The lowest BCUT2D eigenvalue weighted by molar-refractivity contribution is -0.142. The number of carbonyl (C=O) groups excluding carboxylic acids is 1. The van der Waals surface area contributed by atoms with E-state index in [4.69, 9.17) is 27.9 Å². The van der Waals surface area contributed by atoms with Crippen LogP contribution in [0.15, 0.2) is 16.6 Å². The summed E-state index contributed by atoms with van der Waals surface area (Å²) in [6.45, 7) is 2.12. The Kier molecular flexibility index (Phi) is 4.90. The lowest BCUT2D eigenvalue weighted by atomic mass is 10.1. The Morgan fingerprint density at radius 2 is 2.13 bits per heavy atom. The van der Waals surface area contributed by atoms with Crippen LogP contribution in [-0.2, 0) is 16.0 Å². The molecule has 2 nitrogen and oxygen atoms in total. The minimum Gasteiger partial charge on any atom is -0.466 e. The second-order valence-corrected chi connectivity index (χ2v) is 4.53. The van der Waals surface area contributed by atoms with Gasteiger partial charge in [-0.25, -0.2) is 0 Å². The molecule has 82 valence electrons. The van der Waals surface area contributed by atoms with E-state index in [2.05, 4.69) is 15.9 Å². The first kappa shape index (κ1) is 12.8. The number of ether oxygens (including phenoxy) is 1. The van der Waals surface area contributed by atoms with Gasteiger partial charge in [-0.2, -0.15) is 0 Å². The van der Waals surface area contributed by atoms with E-state index in [0.717, 1.165) is 0 Å². The highest BCUT2D eigenvalue weighted by molar-refractivity contribution is 9.10. The average Bonchev–Trinajstić information content (AvgIpc) is 2.11. The molecule has 0 aliphatic rings. The van der Waals surface area contributed by atoms with Crippen LogP contribution in [0.4, 0.5) is 0 Å². The molecule has 0 fully saturated rings. The molecule has 0 N–H and O–H groups in total. The number of halogens is 3. The van der Waals surface area contributed by atoms with Gasteiger partial charge in [-0.05, 0) is 24.6 Å². The van der Waals surface area contributed by atoms with Crippen LogP contribution in [0, 0.1) is 0 Å². The number of hydrogen-bond acceptors (Lipinski definition) is 2. The van der Waals surface area contributed by atoms with Crippen LogP contribution in [0.25, 0.3) is 0 Å². The molecule has 15 heavy (non-hydrogen) atoms. The van der Waals surface area contributed by atoms with Crippen molar-refractivity contribution in [1.29, 1.82) is 0 Å². The van der Waals surface area contributed by atoms with Gasteiger partial charge in [0.2, 0.25) is 0 Å². The largest absolute Gasteiger partial charge is 0.466 e. The second kappa shape index (κ2) is 5.73. The Bertz CT molecular complexity index is 357. The zero-order valence-electron chi connectivity index (χ0n) is 8.02. The highest BCUT2D eigenvalue weighted by Gasteiger charge is 2.12. The fourth-order valence-electron chi connectivity index (χ4n) is 1.10. The van der Waals surface area contributed by atoms with E-state index in [1.54, 1.807) is 19.1 Å².